The number of rotatable bonds is 6. The molecular weight excluding hydrogens is 386 g/mol. The third-order valence-electron chi connectivity index (χ3n) is 4.61. The lowest BCUT2D eigenvalue weighted by atomic mass is 10.3. The Morgan fingerprint density at radius 1 is 1.24 bits per heavy atom. The van der Waals surface area contributed by atoms with Crippen molar-refractivity contribution in [2.75, 3.05) is 6.61 Å². The van der Waals surface area contributed by atoms with Crippen LogP contribution in [0.25, 0.3) is 28.3 Å². The number of nitrogens with one attached hydrogen (secondary N) is 1. The van der Waals surface area contributed by atoms with Gasteiger partial charge in [-0.1, -0.05) is 19.6 Å². The van der Waals surface area contributed by atoms with Gasteiger partial charge >= 0.3 is 5.69 Å². The zero-order valence-electron chi connectivity index (χ0n) is 16.5. The van der Waals surface area contributed by atoms with Gasteiger partial charge in [-0.25, -0.2) is 19.7 Å². The van der Waals surface area contributed by atoms with E-state index in [1.165, 1.54) is 4.57 Å². The Labute approximate surface area is 167 Å². The predicted molar refractivity (Wildman–Crippen MR) is 111 cm³/mol. The zero-order valence-corrected chi connectivity index (χ0v) is 17.5. The molecule has 0 aliphatic carbocycles. The second kappa shape index (κ2) is 7.27. The van der Waals surface area contributed by atoms with E-state index in [4.69, 9.17) is 10.00 Å². The minimum absolute atomic E-state index is 0.160. The van der Waals surface area contributed by atoms with E-state index in [0.29, 0.717) is 40.5 Å². The largest absolute Gasteiger partial charge is 0.361 e. The van der Waals surface area contributed by atoms with Crippen LogP contribution in [0.2, 0.25) is 25.7 Å². The maximum atomic E-state index is 12.3. The highest BCUT2D eigenvalue weighted by molar-refractivity contribution is 6.76. The number of ether oxygens (including phenoxy) is 1. The van der Waals surface area contributed by atoms with Crippen LogP contribution in [0.4, 0.5) is 0 Å². The van der Waals surface area contributed by atoms with E-state index in [1.807, 2.05) is 0 Å². The second-order valence-corrected chi connectivity index (χ2v) is 13.7. The van der Waals surface area contributed by atoms with Crippen LogP contribution >= 0.6 is 0 Å². The number of H-pyrrole nitrogens is 1. The normalized spacial score (nSPS) is 11.9. The number of pyridine rings is 1. The highest BCUT2D eigenvalue weighted by atomic mass is 28.3. The molecule has 0 fully saturated rings. The molecule has 0 bridgehead atoms. The molecule has 4 aromatic heterocycles. The first-order valence-electron chi connectivity index (χ1n) is 9.27. The molecule has 4 heterocycles. The monoisotopic (exact) mass is 407 g/mol. The Kier molecular flexibility index (Phi) is 4.77. The van der Waals surface area contributed by atoms with Crippen LogP contribution in [-0.4, -0.2) is 43.6 Å². The molecule has 9 nitrogen and oxygen atoms in total. The second-order valence-electron chi connectivity index (χ2n) is 8.03. The summed E-state index contributed by atoms with van der Waals surface area (Å²) in [7, 11) is -1.19. The summed E-state index contributed by atoms with van der Waals surface area (Å²) in [5.41, 5.74) is 2.55. The molecule has 0 spiro atoms. The molecule has 4 aromatic rings. The molecule has 148 valence electrons. The van der Waals surface area contributed by atoms with E-state index in [1.54, 1.807) is 35.1 Å². The van der Waals surface area contributed by atoms with Crippen LogP contribution in [0.5, 0.6) is 0 Å². The van der Waals surface area contributed by atoms with Crippen molar-refractivity contribution in [1.82, 2.24) is 28.9 Å². The van der Waals surface area contributed by atoms with Crippen molar-refractivity contribution < 1.29 is 4.74 Å². The topological polar surface area (TPSA) is 114 Å². The van der Waals surface area contributed by atoms with Crippen LogP contribution in [0.3, 0.4) is 0 Å². The molecule has 0 amide bonds. The molecule has 0 aliphatic heterocycles. The minimum atomic E-state index is -1.19. The fourth-order valence-electron chi connectivity index (χ4n) is 2.94. The van der Waals surface area contributed by atoms with Gasteiger partial charge in [-0.2, -0.15) is 5.26 Å². The van der Waals surface area contributed by atoms with Crippen molar-refractivity contribution in [2.24, 2.45) is 0 Å². The summed E-state index contributed by atoms with van der Waals surface area (Å²) in [6.45, 7) is 7.62. The summed E-state index contributed by atoms with van der Waals surface area (Å²) in [6.07, 6.45) is 4.93. The molecule has 10 heteroatoms. The van der Waals surface area contributed by atoms with Crippen molar-refractivity contribution >= 4 is 24.9 Å². The maximum absolute atomic E-state index is 12.3. The van der Waals surface area contributed by atoms with E-state index >= 15 is 0 Å². The van der Waals surface area contributed by atoms with Crippen molar-refractivity contribution in [2.45, 2.75) is 32.4 Å². The van der Waals surface area contributed by atoms with Gasteiger partial charge < -0.3 is 4.74 Å². The SMILES string of the molecule is C[Si](C)(C)CCOCn1c(=O)[nH]c2nc(-c3cnc4ccc(C#N)cn34)ncc21. The predicted octanol–water partition coefficient (Wildman–Crippen LogP) is 2.62. The Morgan fingerprint density at radius 2 is 2.07 bits per heavy atom. The highest BCUT2D eigenvalue weighted by Crippen LogP contribution is 2.19. The van der Waals surface area contributed by atoms with E-state index < -0.39 is 8.07 Å². The first kappa shape index (κ1) is 19.0. The van der Waals surface area contributed by atoms with Crippen LogP contribution in [0.1, 0.15) is 5.56 Å². The highest BCUT2D eigenvalue weighted by Gasteiger charge is 2.15. The van der Waals surface area contributed by atoms with E-state index in [0.717, 1.165) is 6.04 Å². The molecule has 0 aliphatic rings. The first-order chi connectivity index (χ1) is 13.9. The average molecular weight is 408 g/mol. The molecule has 0 aromatic carbocycles. The molecule has 29 heavy (non-hydrogen) atoms. The third-order valence-corrected chi connectivity index (χ3v) is 6.32. The van der Waals surface area contributed by atoms with Crippen LogP contribution in [-0.2, 0) is 11.5 Å². The average Bonchev–Trinajstić information content (AvgIpc) is 3.23. The summed E-state index contributed by atoms with van der Waals surface area (Å²) in [6, 6.07) is 6.61. The molecular formula is C19H21N7O2Si. The number of hydrogen-bond donors (Lipinski definition) is 1. The number of imidazole rings is 2. The van der Waals surface area contributed by atoms with Gasteiger partial charge in [0.15, 0.2) is 11.5 Å². The van der Waals surface area contributed by atoms with Gasteiger partial charge in [0, 0.05) is 20.9 Å². The summed E-state index contributed by atoms with van der Waals surface area (Å²) in [5.74, 6) is 0.410. The summed E-state index contributed by atoms with van der Waals surface area (Å²) < 4.78 is 8.96. The molecule has 1 N–H and O–H groups in total. The summed E-state index contributed by atoms with van der Waals surface area (Å²) >= 11 is 0. The number of aromatic nitrogens is 6. The fraction of sp³-hybridized carbons (Fsp3) is 0.316. The Morgan fingerprint density at radius 3 is 2.83 bits per heavy atom. The molecule has 0 unspecified atom stereocenters. The van der Waals surface area contributed by atoms with Gasteiger partial charge in [0.05, 0.1) is 18.0 Å². The quantitative estimate of drug-likeness (QED) is 0.388. The lowest BCUT2D eigenvalue weighted by molar-refractivity contribution is 0.0877. The number of nitriles is 1. The molecule has 0 atom stereocenters. The van der Waals surface area contributed by atoms with Gasteiger partial charge in [-0.15, -0.1) is 0 Å². The van der Waals surface area contributed by atoms with Gasteiger partial charge in [-0.3, -0.25) is 14.0 Å². The Hall–Kier alpha value is -3.29. The van der Waals surface area contributed by atoms with Crippen molar-refractivity contribution in [3.63, 3.8) is 0 Å². The standard InChI is InChI=1S/C19H21N7O2Si/c1-29(2,3)7-6-28-12-26-15-10-22-17(23-18(15)24-19(26)27)14-9-21-16-5-4-13(8-20)11-25(14)16/h4-5,9-11H,6-7,12H2,1-3H3,(H,22,23,24,27). The lowest BCUT2D eigenvalue weighted by Crippen LogP contribution is -2.23. The van der Waals surface area contributed by atoms with E-state index in [9.17, 15) is 4.79 Å². The first-order valence-corrected chi connectivity index (χ1v) is 13.0. The van der Waals surface area contributed by atoms with Crippen LogP contribution in [0.15, 0.2) is 35.5 Å². The number of aromatic amines is 1. The van der Waals surface area contributed by atoms with E-state index in [2.05, 4.69) is 45.6 Å². The van der Waals surface area contributed by atoms with Crippen LogP contribution < -0.4 is 5.69 Å². The molecule has 0 saturated carbocycles. The molecule has 0 saturated heterocycles. The number of nitrogens with zero attached hydrogens (tertiary/aromatic N) is 6. The van der Waals surface area contributed by atoms with Crippen molar-refractivity contribution in [3.8, 4) is 17.6 Å². The van der Waals surface area contributed by atoms with E-state index in [-0.39, 0.29) is 12.4 Å². The van der Waals surface area contributed by atoms with Gasteiger partial charge in [-0.05, 0) is 18.2 Å². The van der Waals surface area contributed by atoms with Gasteiger partial charge in [0.25, 0.3) is 0 Å². The number of hydrogen-bond acceptors (Lipinski definition) is 6. The Balaban J connectivity index is 1.65. The van der Waals surface area contributed by atoms with Crippen molar-refractivity contribution in [1.29, 1.82) is 5.26 Å². The van der Waals surface area contributed by atoms with Crippen LogP contribution in [0, 0.1) is 11.3 Å². The maximum Gasteiger partial charge on any atom is 0.329 e. The molecule has 0 radical (unpaired) electrons. The Bertz CT molecular complexity index is 1290. The fourth-order valence-corrected chi connectivity index (χ4v) is 3.70. The molecule has 4 rings (SSSR count). The zero-order chi connectivity index (χ0) is 20.6. The minimum Gasteiger partial charge on any atom is -0.361 e. The summed E-state index contributed by atoms with van der Waals surface area (Å²) in [5, 5.41) is 9.14. The summed E-state index contributed by atoms with van der Waals surface area (Å²) in [4.78, 5) is 28.3. The van der Waals surface area contributed by atoms with Gasteiger partial charge in [0.1, 0.15) is 29.7 Å². The number of fused-ring (bicyclic) bond motifs is 2. The third kappa shape index (κ3) is 3.83. The lowest BCUT2D eigenvalue weighted by Gasteiger charge is -2.15. The van der Waals surface area contributed by atoms with Gasteiger partial charge in [0.2, 0.25) is 0 Å². The van der Waals surface area contributed by atoms with Crippen molar-refractivity contribution in [3.05, 3.63) is 46.8 Å². The smallest absolute Gasteiger partial charge is 0.329 e.